The standard InChI is InChI=1S/C19H21N3O3/c1-21-18(19(24)25)17(22-9-5-2-6-10-22)16(20-21)14-11-15(23)13-8-4-3-7-12(13)14/h3-4,7-8,11,15,23H,2,5-6,9-10H2,1H3,(H,24,25). The number of hydrogen-bond acceptors (Lipinski definition) is 4. The third-order valence-corrected chi connectivity index (χ3v) is 5.05. The Bertz CT molecular complexity index is 863. The van der Waals surface area contributed by atoms with E-state index in [1.165, 1.54) is 11.1 Å². The van der Waals surface area contributed by atoms with Crippen LogP contribution in [0, 0.1) is 0 Å². The number of benzene rings is 1. The first-order valence-electron chi connectivity index (χ1n) is 8.62. The minimum absolute atomic E-state index is 0.205. The summed E-state index contributed by atoms with van der Waals surface area (Å²) in [6, 6.07) is 7.66. The summed E-state index contributed by atoms with van der Waals surface area (Å²) >= 11 is 0. The monoisotopic (exact) mass is 339 g/mol. The van der Waals surface area contributed by atoms with Gasteiger partial charge in [-0.1, -0.05) is 24.3 Å². The molecule has 4 rings (SSSR count). The zero-order valence-corrected chi connectivity index (χ0v) is 14.1. The molecule has 0 saturated carbocycles. The first-order chi connectivity index (χ1) is 12.1. The van der Waals surface area contributed by atoms with Crippen LogP contribution in [0.15, 0.2) is 30.3 Å². The lowest BCUT2D eigenvalue weighted by Crippen LogP contribution is -2.31. The van der Waals surface area contributed by atoms with E-state index >= 15 is 0 Å². The maximum Gasteiger partial charge on any atom is 0.356 e. The van der Waals surface area contributed by atoms with E-state index in [4.69, 9.17) is 0 Å². The highest BCUT2D eigenvalue weighted by Gasteiger charge is 2.32. The summed E-state index contributed by atoms with van der Waals surface area (Å²) in [6.07, 6.45) is 4.35. The summed E-state index contributed by atoms with van der Waals surface area (Å²) < 4.78 is 1.44. The molecule has 1 unspecified atom stereocenters. The van der Waals surface area contributed by atoms with Gasteiger partial charge in [0.2, 0.25) is 0 Å². The molecule has 1 aromatic carbocycles. The molecule has 25 heavy (non-hydrogen) atoms. The summed E-state index contributed by atoms with van der Waals surface area (Å²) in [5, 5.41) is 24.6. The highest BCUT2D eigenvalue weighted by molar-refractivity contribution is 5.99. The molecule has 130 valence electrons. The average Bonchev–Trinajstić information content (AvgIpc) is 3.13. The number of piperidine rings is 1. The maximum atomic E-state index is 11.9. The SMILES string of the molecule is Cn1nc(C2=CC(O)c3ccccc32)c(N2CCCCC2)c1C(=O)O. The Balaban J connectivity index is 1.90. The van der Waals surface area contributed by atoms with Gasteiger partial charge in [-0.05, 0) is 36.5 Å². The Labute approximate surface area is 146 Å². The van der Waals surface area contributed by atoms with E-state index in [0.29, 0.717) is 11.4 Å². The van der Waals surface area contributed by atoms with E-state index in [-0.39, 0.29) is 5.69 Å². The number of rotatable bonds is 3. The summed E-state index contributed by atoms with van der Waals surface area (Å²) in [5.74, 6) is -0.978. The van der Waals surface area contributed by atoms with Gasteiger partial charge in [-0.25, -0.2) is 4.79 Å². The van der Waals surface area contributed by atoms with Crippen molar-refractivity contribution in [3.63, 3.8) is 0 Å². The number of aryl methyl sites for hydroxylation is 1. The van der Waals surface area contributed by atoms with Gasteiger partial charge in [-0.3, -0.25) is 4.68 Å². The molecule has 6 heteroatoms. The van der Waals surface area contributed by atoms with Crippen LogP contribution in [0.25, 0.3) is 5.57 Å². The van der Waals surface area contributed by atoms with Crippen LogP contribution in [0.5, 0.6) is 0 Å². The first-order valence-corrected chi connectivity index (χ1v) is 8.62. The van der Waals surface area contributed by atoms with E-state index < -0.39 is 12.1 Å². The molecule has 0 amide bonds. The number of fused-ring (bicyclic) bond motifs is 1. The maximum absolute atomic E-state index is 11.9. The van der Waals surface area contributed by atoms with Gasteiger partial charge < -0.3 is 15.1 Å². The molecule has 1 fully saturated rings. The first kappa shape index (κ1) is 15.9. The van der Waals surface area contributed by atoms with Crippen molar-refractivity contribution in [2.24, 2.45) is 7.05 Å². The number of aromatic nitrogens is 2. The summed E-state index contributed by atoms with van der Waals surface area (Å²) in [5.41, 5.74) is 4.09. The van der Waals surface area contributed by atoms with Gasteiger partial charge in [0.1, 0.15) is 5.69 Å². The Kier molecular flexibility index (Phi) is 3.84. The number of anilines is 1. The van der Waals surface area contributed by atoms with Crippen molar-refractivity contribution >= 4 is 17.2 Å². The van der Waals surface area contributed by atoms with Gasteiger partial charge in [-0.15, -0.1) is 0 Å². The number of aliphatic hydroxyl groups is 1. The molecule has 2 aliphatic rings. The van der Waals surface area contributed by atoms with Crippen LogP contribution in [-0.4, -0.2) is 39.1 Å². The summed E-state index contributed by atoms with van der Waals surface area (Å²) in [6.45, 7) is 1.66. The highest BCUT2D eigenvalue weighted by atomic mass is 16.4. The van der Waals surface area contributed by atoms with E-state index in [9.17, 15) is 15.0 Å². The zero-order chi connectivity index (χ0) is 17.6. The largest absolute Gasteiger partial charge is 0.476 e. The van der Waals surface area contributed by atoms with E-state index in [2.05, 4.69) is 10.00 Å². The molecule has 1 atom stereocenters. The molecule has 2 aromatic rings. The fraction of sp³-hybridized carbons (Fsp3) is 0.368. The third kappa shape index (κ3) is 2.53. The molecule has 0 radical (unpaired) electrons. The van der Waals surface area contributed by atoms with E-state index in [1.807, 2.05) is 24.3 Å². The molecule has 1 aliphatic heterocycles. The average molecular weight is 339 g/mol. The van der Waals surface area contributed by atoms with Gasteiger partial charge in [0, 0.05) is 25.7 Å². The van der Waals surface area contributed by atoms with Crippen molar-refractivity contribution in [1.82, 2.24) is 9.78 Å². The summed E-state index contributed by atoms with van der Waals surface area (Å²) in [7, 11) is 1.66. The topological polar surface area (TPSA) is 78.6 Å². The minimum atomic E-state index is -0.978. The van der Waals surface area contributed by atoms with Gasteiger partial charge >= 0.3 is 5.97 Å². The van der Waals surface area contributed by atoms with Crippen molar-refractivity contribution < 1.29 is 15.0 Å². The second-order valence-electron chi connectivity index (χ2n) is 6.63. The molecular formula is C19H21N3O3. The van der Waals surface area contributed by atoms with Gasteiger partial charge in [0.15, 0.2) is 5.69 Å². The molecule has 1 saturated heterocycles. The molecule has 0 bridgehead atoms. The van der Waals surface area contributed by atoms with E-state index in [0.717, 1.165) is 42.6 Å². The van der Waals surface area contributed by atoms with Crippen LogP contribution in [0.3, 0.4) is 0 Å². The fourth-order valence-corrected chi connectivity index (χ4v) is 3.90. The summed E-state index contributed by atoms with van der Waals surface area (Å²) in [4.78, 5) is 14.0. The Morgan fingerprint density at radius 2 is 1.92 bits per heavy atom. The van der Waals surface area contributed by atoms with Crippen molar-refractivity contribution in [3.05, 3.63) is 52.9 Å². The zero-order valence-electron chi connectivity index (χ0n) is 14.1. The molecule has 1 aromatic heterocycles. The number of aromatic carboxylic acids is 1. The predicted octanol–water partition coefficient (Wildman–Crippen LogP) is 2.59. The van der Waals surface area contributed by atoms with Crippen LogP contribution in [0.4, 0.5) is 5.69 Å². The predicted molar refractivity (Wildman–Crippen MR) is 94.7 cm³/mol. The quantitative estimate of drug-likeness (QED) is 0.899. The molecule has 2 heterocycles. The Morgan fingerprint density at radius 3 is 2.64 bits per heavy atom. The van der Waals surface area contributed by atoms with Crippen molar-refractivity contribution in [3.8, 4) is 0 Å². The van der Waals surface area contributed by atoms with Crippen molar-refractivity contribution in [2.75, 3.05) is 18.0 Å². The number of aliphatic hydroxyl groups excluding tert-OH is 1. The molecule has 2 N–H and O–H groups in total. The van der Waals surface area contributed by atoms with Crippen molar-refractivity contribution in [1.29, 1.82) is 0 Å². The second kappa shape index (κ2) is 6.04. The van der Waals surface area contributed by atoms with Crippen LogP contribution in [-0.2, 0) is 7.05 Å². The van der Waals surface area contributed by atoms with Gasteiger partial charge in [0.05, 0.1) is 11.8 Å². The lowest BCUT2D eigenvalue weighted by Gasteiger charge is -2.29. The lowest BCUT2D eigenvalue weighted by molar-refractivity contribution is 0.0685. The molecular weight excluding hydrogens is 318 g/mol. The minimum Gasteiger partial charge on any atom is -0.476 e. The number of nitrogens with zero attached hydrogens (tertiary/aromatic N) is 3. The third-order valence-electron chi connectivity index (χ3n) is 5.05. The van der Waals surface area contributed by atoms with Crippen LogP contribution >= 0.6 is 0 Å². The van der Waals surface area contributed by atoms with Crippen LogP contribution in [0.2, 0.25) is 0 Å². The molecule has 1 aliphatic carbocycles. The number of carbonyl (C=O) groups is 1. The molecule has 6 nitrogen and oxygen atoms in total. The number of hydrogen-bond donors (Lipinski definition) is 2. The smallest absolute Gasteiger partial charge is 0.356 e. The highest BCUT2D eigenvalue weighted by Crippen LogP contribution is 2.42. The van der Waals surface area contributed by atoms with Crippen LogP contribution in [0.1, 0.15) is 52.7 Å². The van der Waals surface area contributed by atoms with Crippen LogP contribution < -0.4 is 4.90 Å². The molecule has 0 spiro atoms. The van der Waals surface area contributed by atoms with Gasteiger partial charge in [-0.2, -0.15) is 5.10 Å². The lowest BCUT2D eigenvalue weighted by atomic mass is 10.0. The van der Waals surface area contributed by atoms with E-state index in [1.54, 1.807) is 13.1 Å². The fourth-order valence-electron chi connectivity index (χ4n) is 3.90. The van der Waals surface area contributed by atoms with Crippen molar-refractivity contribution in [2.45, 2.75) is 25.4 Å². The normalized spacial score (nSPS) is 19.7. The second-order valence-corrected chi connectivity index (χ2v) is 6.63. The number of carboxylic acids is 1. The number of carboxylic acid groups (broad SMARTS) is 1. The van der Waals surface area contributed by atoms with Gasteiger partial charge in [0.25, 0.3) is 0 Å². The Hall–Kier alpha value is -2.60. The Morgan fingerprint density at radius 1 is 1.20 bits per heavy atom.